The second-order valence-electron chi connectivity index (χ2n) is 6.09. The summed E-state index contributed by atoms with van der Waals surface area (Å²) in [6.07, 6.45) is 5.36. The molecule has 1 saturated carbocycles. The van der Waals surface area contributed by atoms with Crippen molar-refractivity contribution in [1.82, 2.24) is 10.6 Å². The van der Waals surface area contributed by atoms with Crippen molar-refractivity contribution in [2.75, 3.05) is 23.7 Å². The van der Waals surface area contributed by atoms with Crippen LogP contribution in [-0.2, 0) is 4.79 Å². The smallest absolute Gasteiger partial charge is 0.321 e. The average molecular weight is 333 g/mol. The highest BCUT2D eigenvalue weighted by Gasteiger charge is 2.21. The normalized spacial score (nSPS) is 18.2. The maximum atomic E-state index is 12.2. The lowest BCUT2D eigenvalue weighted by atomic mass is 10.2. The van der Waals surface area contributed by atoms with Crippen molar-refractivity contribution in [1.29, 1.82) is 0 Å². The zero-order chi connectivity index (χ0) is 16.1. The Balaban J connectivity index is 1.55. The number of carbonyl (C=O) groups is 2. The summed E-state index contributed by atoms with van der Waals surface area (Å²) in [5, 5.41) is 5.35. The van der Waals surface area contributed by atoms with Crippen LogP contribution < -0.4 is 15.5 Å². The third-order valence-corrected chi connectivity index (χ3v) is 5.46. The number of benzene rings is 1. The van der Waals surface area contributed by atoms with Crippen LogP contribution in [0.25, 0.3) is 0 Å². The molecule has 0 radical (unpaired) electrons. The maximum Gasteiger partial charge on any atom is 0.321 e. The summed E-state index contributed by atoms with van der Waals surface area (Å²) in [5.41, 5.74) is 1.08. The molecule has 0 saturated heterocycles. The van der Waals surface area contributed by atoms with Gasteiger partial charge in [-0.3, -0.25) is 10.1 Å². The number of carbonyl (C=O) groups excluding carboxylic acids is 2. The summed E-state index contributed by atoms with van der Waals surface area (Å²) in [7, 11) is 0. The van der Waals surface area contributed by atoms with Gasteiger partial charge in [0, 0.05) is 17.5 Å². The number of nitrogens with one attached hydrogen (secondary N) is 2. The van der Waals surface area contributed by atoms with Gasteiger partial charge < -0.3 is 10.2 Å². The van der Waals surface area contributed by atoms with E-state index in [1.54, 1.807) is 0 Å². The summed E-state index contributed by atoms with van der Waals surface area (Å²) in [4.78, 5) is 27.4. The number of hydrogen-bond donors (Lipinski definition) is 2. The molecule has 23 heavy (non-hydrogen) atoms. The van der Waals surface area contributed by atoms with Crippen molar-refractivity contribution >= 4 is 29.4 Å². The third kappa shape index (κ3) is 4.41. The average Bonchev–Trinajstić information content (AvgIpc) is 2.95. The Labute approximate surface area is 141 Å². The number of anilines is 1. The molecule has 1 aliphatic carbocycles. The first-order valence-corrected chi connectivity index (χ1v) is 9.28. The Hall–Kier alpha value is -1.69. The summed E-state index contributed by atoms with van der Waals surface area (Å²) in [5.74, 6) is 0.805. The molecule has 1 aromatic carbocycles. The van der Waals surface area contributed by atoms with Crippen LogP contribution in [0.2, 0.25) is 0 Å². The fraction of sp³-hybridized carbons (Fsp3) is 0.529. The van der Waals surface area contributed by atoms with E-state index >= 15 is 0 Å². The van der Waals surface area contributed by atoms with E-state index in [9.17, 15) is 9.59 Å². The topological polar surface area (TPSA) is 61.4 Å². The van der Waals surface area contributed by atoms with Crippen molar-refractivity contribution in [2.45, 2.75) is 43.0 Å². The Morgan fingerprint density at radius 2 is 1.96 bits per heavy atom. The molecule has 0 atom stereocenters. The van der Waals surface area contributed by atoms with Crippen LogP contribution in [0.3, 0.4) is 0 Å². The Morgan fingerprint density at radius 1 is 1.17 bits per heavy atom. The molecule has 6 heteroatoms. The lowest BCUT2D eigenvalue weighted by Gasteiger charge is -2.23. The first-order chi connectivity index (χ1) is 11.2. The van der Waals surface area contributed by atoms with Gasteiger partial charge in [-0.05, 0) is 37.1 Å². The monoisotopic (exact) mass is 333 g/mol. The van der Waals surface area contributed by atoms with Gasteiger partial charge in [-0.15, -0.1) is 11.8 Å². The van der Waals surface area contributed by atoms with Crippen molar-refractivity contribution < 1.29 is 9.59 Å². The second kappa shape index (κ2) is 7.73. The highest BCUT2D eigenvalue weighted by molar-refractivity contribution is 7.99. The van der Waals surface area contributed by atoms with Gasteiger partial charge in [-0.2, -0.15) is 0 Å². The van der Waals surface area contributed by atoms with Crippen LogP contribution >= 0.6 is 11.8 Å². The SMILES string of the molecule is O=C(CN1CCCSc2ccccc21)NC(=O)NC1CCCC1. The third-order valence-electron chi connectivity index (χ3n) is 4.31. The van der Waals surface area contributed by atoms with Crippen molar-refractivity contribution in [2.24, 2.45) is 0 Å². The fourth-order valence-electron chi connectivity index (χ4n) is 3.19. The minimum Gasteiger partial charge on any atom is -0.361 e. The molecule has 1 aromatic rings. The first-order valence-electron chi connectivity index (χ1n) is 8.29. The maximum absolute atomic E-state index is 12.2. The molecular formula is C17H23N3O2S. The Kier molecular flexibility index (Phi) is 5.43. The number of rotatable bonds is 3. The van der Waals surface area contributed by atoms with E-state index in [1.807, 2.05) is 30.0 Å². The first kappa shape index (κ1) is 16.2. The minimum absolute atomic E-state index is 0.218. The van der Waals surface area contributed by atoms with Crippen LogP contribution in [0.1, 0.15) is 32.1 Å². The summed E-state index contributed by atoms with van der Waals surface area (Å²) in [6.45, 7) is 1.05. The fourth-order valence-corrected chi connectivity index (χ4v) is 4.21. The zero-order valence-electron chi connectivity index (χ0n) is 13.2. The van der Waals surface area contributed by atoms with Crippen molar-refractivity contribution in [3.63, 3.8) is 0 Å². The van der Waals surface area contributed by atoms with E-state index < -0.39 is 0 Å². The molecule has 3 rings (SSSR count). The van der Waals surface area contributed by atoms with E-state index in [2.05, 4.69) is 21.6 Å². The molecule has 0 spiro atoms. The van der Waals surface area contributed by atoms with Crippen LogP contribution in [-0.4, -0.2) is 36.8 Å². The highest BCUT2D eigenvalue weighted by Crippen LogP contribution is 2.33. The largest absolute Gasteiger partial charge is 0.361 e. The predicted molar refractivity (Wildman–Crippen MR) is 92.9 cm³/mol. The number of thioether (sulfide) groups is 1. The van der Waals surface area contributed by atoms with Gasteiger partial charge in [-0.25, -0.2) is 4.79 Å². The molecule has 2 aliphatic rings. The van der Waals surface area contributed by atoms with Crippen LogP contribution in [0.4, 0.5) is 10.5 Å². The Morgan fingerprint density at radius 3 is 2.78 bits per heavy atom. The number of urea groups is 1. The Bertz CT molecular complexity index is 573. The molecule has 0 unspecified atom stereocenters. The molecule has 124 valence electrons. The zero-order valence-corrected chi connectivity index (χ0v) is 14.0. The van der Waals surface area contributed by atoms with E-state index in [-0.39, 0.29) is 24.5 Å². The van der Waals surface area contributed by atoms with Crippen LogP contribution in [0.5, 0.6) is 0 Å². The number of hydrogen-bond acceptors (Lipinski definition) is 4. The molecule has 0 aromatic heterocycles. The number of para-hydroxylation sites is 1. The van der Waals surface area contributed by atoms with Gasteiger partial charge in [0.1, 0.15) is 0 Å². The van der Waals surface area contributed by atoms with Crippen LogP contribution in [0, 0.1) is 0 Å². The van der Waals surface area contributed by atoms with E-state index in [1.165, 1.54) is 4.90 Å². The molecule has 1 heterocycles. The predicted octanol–water partition coefficient (Wildman–Crippen LogP) is 2.76. The number of nitrogens with zero attached hydrogens (tertiary/aromatic N) is 1. The van der Waals surface area contributed by atoms with Gasteiger partial charge in [0.25, 0.3) is 0 Å². The molecular weight excluding hydrogens is 310 g/mol. The molecule has 1 fully saturated rings. The van der Waals surface area contributed by atoms with Gasteiger partial charge in [0.2, 0.25) is 5.91 Å². The minimum atomic E-state index is -0.362. The van der Waals surface area contributed by atoms with Gasteiger partial charge in [0.05, 0.1) is 12.2 Å². The molecule has 1 aliphatic heterocycles. The van der Waals surface area contributed by atoms with E-state index in [4.69, 9.17) is 0 Å². The molecule has 5 nitrogen and oxygen atoms in total. The molecule has 0 bridgehead atoms. The van der Waals surface area contributed by atoms with E-state index in [0.29, 0.717) is 0 Å². The van der Waals surface area contributed by atoms with E-state index in [0.717, 1.165) is 50.1 Å². The standard InChI is InChI=1S/C17H23N3O2S/c21-16(19-17(22)18-13-6-1-2-7-13)12-20-10-5-11-23-15-9-4-3-8-14(15)20/h3-4,8-9,13H,1-2,5-7,10-12H2,(H2,18,19,21,22). The summed E-state index contributed by atoms with van der Waals surface area (Å²) < 4.78 is 0. The lowest BCUT2D eigenvalue weighted by molar-refractivity contribution is -0.118. The van der Waals surface area contributed by atoms with Gasteiger partial charge >= 0.3 is 6.03 Å². The number of imide groups is 1. The number of fused-ring (bicyclic) bond motifs is 1. The molecule has 2 N–H and O–H groups in total. The van der Waals surface area contributed by atoms with Crippen LogP contribution in [0.15, 0.2) is 29.2 Å². The van der Waals surface area contributed by atoms with Crippen molar-refractivity contribution in [3.05, 3.63) is 24.3 Å². The number of amides is 3. The summed E-state index contributed by atoms with van der Waals surface area (Å²) >= 11 is 1.82. The molecule has 3 amide bonds. The summed E-state index contributed by atoms with van der Waals surface area (Å²) in [6, 6.07) is 7.99. The van der Waals surface area contributed by atoms with Crippen molar-refractivity contribution in [3.8, 4) is 0 Å². The second-order valence-corrected chi connectivity index (χ2v) is 7.23. The quantitative estimate of drug-likeness (QED) is 0.893. The highest BCUT2D eigenvalue weighted by atomic mass is 32.2. The van der Waals surface area contributed by atoms with Gasteiger partial charge in [0.15, 0.2) is 0 Å². The van der Waals surface area contributed by atoms with Gasteiger partial charge in [-0.1, -0.05) is 25.0 Å². The lowest BCUT2D eigenvalue weighted by Crippen LogP contribution is -2.47.